The zero-order valence-electron chi connectivity index (χ0n) is 63.9. The summed E-state index contributed by atoms with van der Waals surface area (Å²) in [6.45, 7) is 21.4. The van der Waals surface area contributed by atoms with Gasteiger partial charge in [0.1, 0.15) is 29.1 Å². The third-order valence-electron chi connectivity index (χ3n) is 18.3. The van der Waals surface area contributed by atoms with Gasteiger partial charge in [0, 0.05) is 108 Å². The Labute approximate surface area is 665 Å². The first-order valence-corrected chi connectivity index (χ1v) is 40.2. The number of aryl methyl sites for hydroxylation is 4. The smallest absolute Gasteiger partial charge is 0.219 e. The van der Waals surface area contributed by atoms with Gasteiger partial charge in [0.05, 0.1) is 162 Å². The highest BCUT2D eigenvalue weighted by molar-refractivity contribution is 7.24. The maximum Gasteiger partial charge on any atom is 0.219 e. The molecule has 36 heteroatoms. The number of hydrogen-bond acceptors (Lipinski definition) is 30. The lowest BCUT2D eigenvalue weighted by molar-refractivity contribution is -0.127. The average Bonchev–Trinajstić information content (AvgIpc) is 1.66. The number of nitrogens with two attached hydrogens (primary N) is 5. The molecule has 0 bridgehead atoms. The summed E-state index contributed by atoms with van der Waals surface area (Å²) < 4.78 is 5.24. The third-order valence-corrected chi connectivity index (χ3v) is 24.9. The number of hydrogen-bond donors (Lipinski definition) is 19. The number of H-pyrrole nitrogens is 5. The summed E-state index contributed by atoms with van der Waals surface area (Å²) in [5, 5.41) is 90.9. The second-order valence-corrected chi connectivity index (χ2v) is 33.7. The Morgan fingerprint density at radius 1 is 0.518 bits per heavy atom. The fourth-order valence-corrected chi connectivity index (χ4v) is 18.3. The number of anilines is 10. The maximum absolute atomic E-state index is 11.2. The molecule has 31 nitrogen and oxygen atoms in total. The van der Waals surface area contributed by atoms with Crippen LogP contribution >= 0.6 is 56.7 Å². The number of likely N-dealkylation sites (N-methyl/N-ethyl adjacent to an activating group) is 1. The second-order valence-electron chi connectivity index (χ2n) is 28.6. The lowest BCUT2D eigenvalue weighted by atomic mass is 10.1. The van der Waals surface area contributed by atoms with Gasteiger partial charge in [-0.2, -0.15) is 25.5 Å². The molecule has 15 aromatic rings. The minimum atomic E-state index is -0.803. The first kappa shape index (κ1) is 80.4. The normalized spacial score (nSPS) is 13.8. The van der Waals surface area contributed by atoms with Gasteiger partial charge in [-0.1, -0.05) is 0 Å². The molecule has 0 aromatic carbocycles. The minimum Gasteiger partial charge on any atom is -0.392 e. The molecule has 15 aromatic heterocycles. The molecule has 0 spiro atoms. The number of aromatic amines is 5. The van der Waals surface area contributed by atoms with Crippen LogP contribution in [0.3, 0.4) is 0 Å². The van der Waals surface area contributed by atoms with E-state index >= 15 is 0 Å². The van der Waals surface area contributed by atoms with Crippen molar-refractivity contribution < 1.29 is 25.2 Å². The van der Waals surface area contributed by atoms with Crippen LogP contribution in [0.4, 0.5) is 57.5 Å². The van der Waals surface area contributed by atoms with Gasteiger partial charge in [-0.05, 0) is 147 Å². The van der Waals surface area contributed by atoms with Crippen LogP contribution in [-0.2, 0) is 4.79 Å². The Morgan fingerprint density at radius 3 is 1.27 bits per heavy atom. The Balaban J connectivity index is 0.000000130. The Hall–Kier alpha value is -11.1. The van der Waals surface area contributed by atoms with Crippen LogP contribution in [0.15, 0.2) is 97.7 Å². The van der Waals surface area contributed by atoms with Crippen molar-refractivity contribution in [3.8, 4) is 52.9 Å². The molecule has 3 atom stereocenters. The fraction of sp³-hybridized carbons (Fsp3) is 0.329. The quantitative estimate of drug-likeness (QED) is 0.0318. The highest BCUT2D eigenvalue weighted by Crippen LogP contribution is 2.46. The Morgan fingerprint density at radius 2 is 0.893 bits per heavy atom. The van der Waals surface area contributed by atoms with E-state index < -0.39 is 17.3 Å². The van der Waals surface area contributed by atoms with Crippen LogP contribution in [0.1, 0.15) is 89.5 Å². The number of pyridine rings is 5. The van der Waals surface area contributed by atoms with E-state index in [0.29, 0.717) is 68.2 Å². The number of fused-ring (bicyclic) bond motifs is 5. The van der Waals surface area contributed by atoms with Crippen molar-refractivity contribution in [2.24, 2.45) is 0 Å². The molecule has 1 saturated carbocycles. The second kappa shape index (κ2) is 34.7. The Bertz CT molecular complexity index is 5660. The summed E-state index contributed by atoms with van der Waals surface area (Å²) in [6.07, 6.45) is 11.5. The molecule has 15 heterocycles. The van der Waals surface area contributed by atoms with Crippen LogP contribution in [0.25, 0.3) is 104 Å². The largest absolute Gasteiger partial charge is 0.392 e. The van der Waals surface area contributed by atoms with E-state index in [1.165, 1.54) is 0 Å². The topological polar surface area (TPSA) is 499 Å². The van der Waals surface area contributed by atoms with E-state index in [2.05, 4.69) is 109 Å². The molecule has 16 rings (SSSR count). The van der Waals surface area contributed by atoms with E-state index in [4.69, 9.17) is 28.7 Å². The zero-order chi connectivity index (χ0) is 79.9. The van der Waals surface area contributed by atoms with Crippen LogP contribution in [-0.4, -0.2) is 176 Å². The number of aliphatic hydroxyl groups excluding tert-OH is 2. The molecule has 1 fully saturated rings. The summed E-state index contributed by atoms with van der Waals surface area (Å²) in [4.78, 5) is 40.7. The molecule has 112 heavy (non-hydrogen) atoms. The third kappa shape index (κ3) is 19.3. The minimum absolute atomic E-state index is 0.0452. The first-order chi connectivity index (χ1) is 53.4. The van der Waals surface area contributed by atoms with Crippen LogP contribution < -0.4 is 55.3 Å². The monoisotopic (exact) mass is 1610 g/mol. The number of nitrogens with one attached hydrogen (secondary N) is 10. The fourth-order valence-electron chi connectivity index (χ4n) is 12.4. The van der Waals surface area contributed by atoms with Gasteiger partial charge in [0.2, 0.25) is 5.91 Å². The molecule has 1 amide bonds. The molecule has 0 radical (unpaired) electrons. The van der Waals surface area contributed by atoms with Crippen molar-refractivity contribution in [1.82, 2.24) is 80.8 Å². The van der Waals surface area contributed by atoms with Gasteiger partial charge >= 0.3 is 0 Å². The van der Waals surface area contributed by atoms with E-state index in [-0.39, 0.29) is 18.1 Å². The van der Waals surface area contributed by atoms with Crippen molar-refractivity contribution in [3.05, 3.63) is 120 Å². The number of aliphatic hydroxyl groups is 4. The summed E-state index contributed by atoms with van der Waals surface area (Å²) >= 11 is 8.22. The summed E-state index contributed by atoms with van der Waals surface area (Å²) in [5.41, 5.74) is 46.4. The molecule has 0 aliphatic heterocycles. The standard InChI is InChI=1S/C16H19N5OS.C16H21N5OS.C15H18N6OS.C15H19N5OS.C14H17N5OS/c1-8-14-16(23-15(8)10-5-6-18-21-10)11(7-13(17)20-14)19-9-3-2-4-12(9)22;1-9-13-15(23-14(9)10-4-6-19-21-10)11(8-12(17)20-13)18-7-5-16(2,3)22;1-9(22)21(2)6-5-17-11-8-14(16)19-12-7-13(23-15(11)12)10-3-4-18-20-10;1-8-12-14(22-13(8)9-4-5-18-20-9)10(6-11(16)19-12)17-7-15(2,3)21;1-7(20)6-16-10-5-11(15)18-12-8(2)13(21-14(10)12)9-3-4-17-19-9/h5-7,9,12,22H,2-4H2,1H3,(H,18,21)(H3,17,19,20);4,6,8,22H,5,7H2,1-3H3,(H,19,21)(H3,17,18,20);3-4,7-8H,5-6H2,1-2H3,(H,18,20)(H3,16,17,19);4-6,21H,7H2,1-3H3,(H,18,20)(H3,16,17,19);3-5,7,20H,6H2,1-2H3,(H,17,19)(H3,15,16,18)/t9-,12+;;;;7-/m1...0/s1. The molecule has 1 aliphatic rings. The summed E-state index contributed by atoms with van der Waals surface area (Å²) in [5.74, 6) is 2.41. The lowest BCUT2D eigenvalue weighted by Crippen LogP contribution is -2.29. The van der Waals surface area contributed by atoms with Gasteiger partial charge in [-0.15, -0.1) is 56.7 Å². The molecule has 24 N–H and O–H groups in total. The molecule has 588 valence electrons. The van der Waals surface area contributed by atoms with E-state index in [0.717, 1.165) is 174 Å². The van der Waals surface area contributed by atoms with Gasteiger partial charge in [-0.25, -0.2) is 24.9 Å². The number of nitrogens with zero attached hydrogens (tertiary/aromatic N) is 11. The zero-order valence-corrected chi connectivity index (χ0v) is 68.0. The van der Waals surface area contributed by atoms with E-state index in [9.17, 15) is 25.2 Å². The number of carbonyl (C=O) groups excluding carboxylic acids is 1. The van der Waals surface area contributed by atoms with Crippen molar-refractivity contribution in [2.45, 2.75) is 124 Å². The number of rotatable bonds is 21. The van der Waals surface area contributed by atoms with Gasteiger partial charge in [0.15, 0.2) is 0 Å². The number of amides is 1. The molecular formula is C76H94N26O5S5. The number of nitrogen functional groups attached to an aromatic ring is 5. The van der Waals surface area contributed by atoms with Crippen molar-refractivity contribution in [2.75, 3.05) is 95.0 Å². The molecule has 1 aliphatic carbocycles. The molecular weight excluding hydrogens is 1520 g/mol. The van der Waals surface area contributed by atoms with Gasteiger partial charge in [0.25, 0.3) is 0 Å². The van der Waals surface area contributed by atoms with Crippen LogP contribution in [0, 0.1) is 27.7 Å². The first-order valence-electron chi connectivity index (χ1n) is 36.2. The number of carbonyl (C=O) groups is 1. The summed E-state index contributed by atoms with van der Waals surface area (Å²) in [6, 6.07) is 20.9. The van der Waals surface area contributed by atoms with Crippen molar-refractivity contribution >= 4 is 171 Å². The van der Waals surface area contributed by atoms with Crippen molar-refractivity contribution in [1.29, 1.82) is 0 Å². The number of thiophene rings is 5. The van der Waals surface area contributed by atoms with Gasteiger partial charge in [-0.3, -0.25) is 30.3 Å². The predicted octanol–water partition coefficient (Wildman–Crippen LogP) is 13.3. The maximum atomic E-state index is 11.2. The highest BCUT2D eigenvalue weighted by atomic mass is 32.1. The molecule has 0 unspecified atom stereocenters. The average molecular weight is 1610 g/mol. The highest BCUT2D eigenvalue weighted by Gasteiger charge is 2.28. The number of aromatic nitrogens is 15. The van der Waals surface area contributed by atoms with Crippen LogP contribution in [0.5, 0.6) is 0 Å². The van der Waals surface area contributed by atoms with Crippen LogP contribution in [0.2, 0.25) is 0 Å². The SMILES string of the molecule is CC(=O)N(C)CCNc1cc(N)nc2cc(-c3ccn[nH]3)sc12.Cc1c(-c2ccn[nH]2)sc2c(NCC(C)(C)O)cc(N)nc12.Cc1c(-c2ccn[nH]2)sc2c(NCCC(C)(C)O)cc(N)nc12.Cc1c(-c2ccn[nH]2)sc2c(NC[C@H](C)O)cc(N)nc12.Cc1c(-c2ccn[nH]2)sc2c(N[C@@H]3CCC[C@@H]3O)cc(N)nc12. The van der Waals surface area contributed by atoms with Crippen molar-refractivity contribution in [3.63, 3.8) is 0 Å². The Kier molecular flexibility index (Phi) is 24.9. The van der Waals surface area contributed by atoms with E-state index in [1.807, 2.05) is 75.4 Å². The molecule has 0 saturated heterocycles. The van der Waals surface area contributed by atoms with Gasteiger partial charge < -0.3 is 80.6 Å². The predicted molar refractivity (Wildman–Crippen MR) is 460 cm³/mol. The summed E-state index contributed by atoms with van der Waals surface area (Å²) in [7, 11) is 1.78. The van der Waals surface area contributed by atoms with E-state index in [1.54, 1.807) is 153 Å². The lowest BCUT2D eigenvalue weighted by Gasteiger charge is -2.19.